The van der Waals surface area contributed by atoms with Gasteiger partial charge in [0.25, 0.3) is 10.0 Å². The molecule has 0 aliphatic carbocycles. The van der Waals surface area contributed by atoms with Gasteiger partial charge in [-0.15, -0.1) is 0 Å². The van der Waals surface area contributed by atoms with Crippen molar-refractivity contribution in [3.63, 3.8) is 0 Å². The topological polar surface area (TPSA) is 86.8 Å². The number of hydrogen-bond acceptors (Lipinski definition) is 4. The molecule has 7 nitrogen and oxygen atoms in total. The van der Waals surface area contributed by atoms with Gasteiger partial charge in [-0.2, -0.15) is 0 Å². The van der Waals surface area contributed by atoms with Gasteiger partial charge in [0, 0.05) is 19.0 Å². The van der Waals surface area contributed by atoms with Gasteiger partial charge in [0.2, 0.25) is 11.8 Å². The number of aryl methyl sites for hydroxylation is 3. The predicted molar refractivity (Wildman–Crippen MR) is 176 cm³/mol. The highest BCUT2D eigenvalue weighted by Gasteiger charge is 2.35. The summed E-state index contributed by atoms with van der Waals surface area (Å²) in [5, 5.41) is 2.99. The van der Waals surface area contributed by atoms with Crippen LogP contribution in [0.3, 0.4) is 0 Å². The Morgan fingerprint density at radius 2 is 1.34 bits per heavy atom. The number of carbonyl (C=O) groups is 2. The molecule has 0 heterocycles. The van der Waals surface area contributed by atoms with Crippen molar-refractivity contribution >= 4 is 27.5 Å². The van der Waals surface area contributed by atoms with Gasteiger partial charge in [-0.1, -0.05) is 96.1 Å². The van der Waals surface area contributed by atoms with Crippen molar-refractivity contribution in [2.75, 3.05) is 10.8 Å². The molecule has 44 heavy (non-hydrogen) atoms. The molecule has 0 fully saturated rings. The van der Waals surface area contributed by atoms with E-state index in [1.54, 1.807) is 24.3 Å². The van der Waals surface area contributed by atoms with Gasteiger partial charge in [-0.05, 0) is 69.5 Å². The predicted octanol–water partition coefficient (Wildman–Crippen LogP) is 5.97. The minimum absolute atomic E-state index is 0.0799. The minimum atomic E-state index is -4.14. The lowest BCUT2D eigenvalue weighted by Crippen LogP contribution is -2.54. The van der Waals surface area contributed by atoms with Gasteiger partial charge in [-0.3, -0.25) is 13.9 Å². The van der Waals surface area contributed by atoms with Crippen molar-refractivity contribution in [1.29, 1.82) is 0 Å². The van der Waals surface area contributed by atoms with Crippen LogP contribution in [0.25, 0.3) is 0 Å². The van der Waals surface area contributed by atoms with Gasteiger partial charge in [0.15, 0.2) is 0 Å². The Morgan fingerprint density at radius 3 is 1.93 bits per heavy atom. The van der Waals surface area contributed by atoms with Gasteiger partial charge in [-0.25, -0.2) is 8.42 Å². The third-order valence-corrected chi connectivity index (χ3v) is 9.18. The molecule has 4 rings (SSSR count). The summed E-state index contributed by atoms with van der Waals surface area (Å²) in [6.07, 6.45) is 0.270. The van der Waals surface area contributed by atoms with Crippen LogP contribution >= 0.6 is 0 Å². The Kier molecular flexibility index (Phi) is 10.6. The van der Waals surface area contributed by atoms with E-state index in [1.807, 2.05) is 101 Å². The number of anilines is 1. The number of carbonyl (C=O) groups excluding carboxylic acids is 2. The lowest BCUT2D eigenvalue weighted by atomic mass is 10.0. The maximum Gasteiger partial charge on any atom is 0.264 e. The number of benzene rings is 4. The van der Waals surface area contributed by atoms with Gasteiger partial charge >= 0.3 is 0 Å². The molecule has 0 aliphatic rings. The van der Waals surface area contributed by atoms with Crippen molar-refractivity contribution in [3.8, 4) is 0 Å². The number of amides is 2. The van der Waals surface area contributed by atoms with E-state index in [0.29, 0.717) is 5.69 Å². The minimum Gasteiger partial charge on any atom is -0.352 e. The Labute approximate surface area is 261 Å². The highest BCUT2D eigenvalue weighted by atomic mass is 32.2. The van der Waals surface area contributed by atoms with E-state index in [9.17, 15) is 18.0 Å². The molecule has 0 unspecified atom stereocenters. The first-order valence-electron chi connectivity index (χ1n) is 14.8. The van der Waals surface area contributed by atoms with E-state index in [0.717, 1.165) is 27.8 Å². The summed E-state index contributed by atoms with van der Waals surface area (Å²) in [7, 11) is -4.14. The van der Waals surface area contributed by atoms with Crippen LogP contribution in [-0.2, 0) is 32.6 Å². The number of rotatable bonds is 12. The molecule has 0 saturated heterocycles. The molecular weight excluding hydrogens is 570 g/mol. The van der Waals surface area contributed by atoms with E-state index in [-0.39, 0.29) is 29.8 Å². The standard InChI is InChI=1S/C36H41N3O4S/c1-26(2)37-36(41)34(23-30-12-8-6-9-13-30)38(24-31-19-16-27(3)17-20-31)35(40)25-39(33-21-18-28(4)22-29(33)5)44(42,43)32-14-10-7-11-15-32/h6-22,26,34H,23-25H2,1-5H3,(H,37,41)/t34-/m1/s1. The maximum absolute atomic E-state index is 14.5. The summed E-state index contributed by atoms with van der Waals surface area (Å²) in [6, 6.07) is 29.8. The van der Waals surface area contributed by atoms with Crippen LogP contribution in [-0.4, -0.2) is 43.8 Å². The summed E-state index contributed by atoms with van der Waals surface area (Å²) >= 11 is 0. The lowest BCUT2D eigenvalue weighted by molar-refractivity contribution is -0.140. The molecule has 0 radical (unpaired) electrons. The highest BCUT2D eigenvalue weighted by molar-refractivity contribution is 7.92. The largest absolute Gasteiger partial charge is 0.352 e. The second kappa shape index (κ2) is 14.4. The molecule has 1 atom stereocenters. The van der Waals surface area contributed by atoms with E-state index in [4.69, 9.17) is 0 Å². The molecule has 0 saturated carbocycles. The molecule has 0 aliphatic heterocycles. The first kappa shape index (κ1) is 32.5. The van der Waals surface area contributed by atoms with E-state index >= 15 is 0 Å². The number of sulfonamides is 1. The van der Waals surface area contributed by atoms with E-state index < -0.39 is 28.5 Å². The average molecular weight is 612 g/mol. The zero-order valence-electron chi connectivity index (χ0n) is 26.0. The SMILES string of the molecule is Cc1ccc(CN(C(=O)CN(c2ccc(C)cc2C)S(=O)(=O)c2ccccc2)[C@H](Cc2ccccc2)C(=O)NC(C)C)cc1. The zero-order chi connectivity index (χ0) is 31.9. The molecule has 4 aromatic carbocycles. The molecule has 2 amide bonds. The normalized spacial score (nSPS) is 12.0. The molecule has 4 aromatic rings. The smallest absolute Gasteiger partial charge is 0.264 e. The molecule has 0 bridgehead atoms. The van der Waals surface area contributed by atoms with Gasteiger partial charge < -0.3 is 10.2 Å². The molecule has 1 N–H and O–H groups in total. The summed E-state index contributed by atoms with van der Waals surface area (Å²) in [5.74, 6) is -0.779. The molecule has 0 aromatic heterocycles. The lowest BCUT2D eigenvalue weighted by Gasteiger charge is -2.34. The number of hydrogen-bond donors (Lipinski definition) is 1. The van der Waals surface area contributed by atoms with Gasteiger partial charge in [0.05, 0.1) is 10.6 Å². The van der Waals surface area contributed by atoms with Crippen LogP contribution in [0.15, 0.2) is 108 Å². The Hall–Kier alpha value is -4.43. The van der Waals surface area contributed by atoms with Crippen LogP contribution in [0.1, 0.15) is 41.7 Å². The first-order chi connectivity index (χ1) is 21.0. The molecular formula is C36H41N3O4S. The molecule has 230 valence electrons. The third-order valence-electron chi connectivity index (χ3n) is 7.41. The van der Waals surface area contributed by atoms with Crippen molar-refractivity contribution in [3.05, 3.63) is 131 Å². The van der Waals surface area contributed by atoms with E-state index in [1.165, 1.54) is 21.3 Å². The Morgan fingerprint density at radius 1 is 0.750 bits per heavy atom. The maximum atomic E-state index is 14.5. The third kappa shape index (κ3) is 8.14. The fraction of sp³-hybridized carbons (Fsp3) is 0.278. The second-order valence-electron chi connectivity index (χ2n) is 11.5. The van der Waals surface area contributed by atoms with E-state index in [2.05, 4.69) is 5.32 Å². The summed E-state index contributed by atoms with van der Waals surface area (Å²) < 4.78 is 29.4. The summed E-state index contributed by atoms with van der Waals surface area (Å²) in [6.45, 7) is 9.15. The fourth-order valence-electron chi connectivity index (χ4n) is 5.14. The highest BCUT2D eigenvalue weighted by Crippen LogP contribution is 2.28. The average Bonchev–Trinajstić information content (AvgIpc) is 2.99. The van der Waals surface area contributed by atoms with Crippen molar-refractivity contribution in [1.82, 2.24) is 10.2 Å². The van der Waals surface area contributed by atoms with Crippen LogP contribution < -0.4 is 9.62 Å². The van der Waals surface area contributed by atoms with Crippen LogP contribution in [0.4, 0.5) is 5.69 Å². The number of nitrogens with one attached hydrogen (secondary N) is 1. The summed E-state index contributed by atoms with van der Waals surface area (Å²) in [5.41, 5.74) is 4.91. The quantitative estimate of drug-likeness (QED) is 0.214. The van der Waals surface area contributed by atoms with Crippen LogP contribution in [0.2, 0.25) is 0 Å². The first-order valence-corrected chi connectivity index (χ1v) is 16.2. The fourth-order valence-corrected chi connectivity index (χ4v) is 6.64. The van der Waals surface area contributed by atoms with Gasteiger partial charge in [0.1, 0.15) is 12.6 Å². The second-order valence-corrected chi connectivity index (χ2v) is 13.4. The Balaban J connectivity index is 1.82. The zero-order valence-corrected chi connectivity index (χ0v) is 26.8. The summed E-state index contributed by atoms with van der Waals surface area (Å²) in [4.78, 5) is 29.9. The Bertz CT molecular complexity index is 1670. The van der Waals surface area contributed by atoms with Crippen LogP contribution in [0, 0.1) is 20.8 Å². The van der Waals surface area contributed by atoms with Crippen LogP contribution in [0.5, 0.6) is 0 Å². The molecule has 8 heteroatoms. The molecule has 0 spiro atoms. The monoisotopic (exact) mass is 611 g/mol. The number of nitrogens with zero attached hydrogens (tertiary/aromatic N) is 2. The van der Waals surface area contributed by atoms with Crippen molar-refractivity contribution in [2.45, 2.75) is 64.6 Å². The van der Waals surface area contributed by atoms with Crippen molar-refractivity contribution < 1.29 is 18.0 Å². The van der Waals surface area contributed by atoms with Crippen molar-refractivity contribution in [2.24, 2.45) is 0 Å².